The molecule has 0 saturated heterocycles. The van der Waals surface area contributed by atoms with Crippen molar-refractivity contribution in [1.29, 1.82) is 0 Å². The highest BCUT2D eigenvalue weighted by Gasteiger charge is 2.32. The van der Waals surface area contributed by atoms with Crippen LogP contribution < -0.4 is 10.6 Å². The Morgan fingerprint density at radius 1 is 1.24 bits per heavy atom. The first-order chi connectivity index (χ1) is 9.61. The Kier molecular flexibility index (Phi) is 5.63. The Morgan fingerprint density at radius 2 is 1.86 bits per heavy atom. The Bertz CT molecular complexity index is 498. The molecule has 1 atom stereocenters. The molecule has 0 heterocycles. The van der Waals surface area contributed by atoms with Crippen molar-refractivity contribution in [2.75, 3.05) is 11.9 Å². The molecule has 1 amide bonds. The maximum atomic E-state index is 12.8. The normalized spacial score (nSPS) is 13.1. The number of alkyl halides is 3. The second-order valence-electron chi connectivity index (χ2n) is 5.48. The maximum Gasteiger partial charge on any atom is 0.416 e. The van der Waals surface area contributed by atoms with E-state index in [1.165, 1.54) is 19.1 Å². The number of aryl methyl sites for hydroxylation is 1. The van der Waals surface area contributed by atoms with Crippen LogP contribution in [0.25, 0.3) is 0 Å². The molecule has 0 radical (unpaired) electrons. The standard InChI is InChI=1S/C15H21F3N2O/c1-9(2)11(4)20-14(21)8-19-12-6-5-10(3)13(7-12)15(16,17)18/h5-7,9,11,19H,8H2,1-4H3,(H,20,21). The van der Waals surface area contributed by atoms with Gasteiger partial charge in [-0.15, -0.1) is 0 Å². The third kappa shape index (κ3) is 5.28. The van der Waals surface area contributed by atoms with Crippen molar-refractivity contribution in [2.45, 2.75) is 39.9 Å². The van der Waals surface area contributed by atoms with E-state index < -0.39 is 11.7 Å². The molecule has 0 aliphatic carbocycles. The number of carbonyl (C=O) groups is 1. The molecule has 1 aromatic rings. The lowest BCUT2D eigenvalue weighted by Crippen LogP contribution is -2.39. The van der Waals surface area contributed by atoms with Gasteiger partial charge in [-0.1, -0.05) is 19.9 Å². The lowest BCUT2D eigenvalue weighted by Gasteiger charge is -2.18. The van der Waals surface area contributed by atoms with Gasteiger partial charge in [-0.05, 0) is 37.5 Å². The van der Waals surface area contributed by atoms with Crippen LogP contribution in [0.2, 0.25) is 0 Å². The molecule has 21 heavy (non-hydrogen) atoms. The zero-order valence-corrected chi connectivity index (χ0v) is 12.6. The van der Waals surface area contributed by atoms with Gasteiger partial charge in [0.15, 0.2) is 0 Å². The minimum Gasteiger partial charge on any atom is -0.376 e. The summed E-state index contributed by atoms with van der Waals surface area (Å²) in [6.45, 7) is 7.19. The summed E-state index contributed by atoms with van der Waals surface area (Å²) in [6, 6.07) is 3.96. The van der Waals surface area contributed by atoms with E-state index in [1.807, 2.05) is 20.8 Å². The van der Waals surface area contributed by atoms with Gasteiger partial charge in [-0.25, -0.2) is 0 Å². The van der Waals surface area contributed by atoms with Gasteiger partial charge >= 0.3 is 6.18 Å². The number of rotatable bonds is 5. The van der Waals surface area contributed by atoms with Crippen LogP contribution in [0.5, 0.6) is 0 Å². The van der Waals surface area contributed by atoms with Crippen molar-refractivity contribution in [3.05, 3.63) is 29.3 Å². The molecule has 0 saturated carbocycles. The smallest absolute Gasteiger partial charge is 0.376 e. The summed E-state index contributed by atoms with van der Waals surface area (Å²) in [7, 11) is 0. The van der Waals surface area contributed by atoms with Gasteiger partial charge in [0.25, 0.3) is 0 Å². The highest BCUT2D eigenvalue weighted by atomic mass is 19.4. The van der Waals surface area contributed by atoms with Gasteiger partial charge in [-0.3, -0.25) is 4.79 Å². The van der Waals surface area contributed by atoms with Crippen molar-refractivity contribution in [1.82, 2.24) is 5.32 Å². The molecule has 0 bridgehead atoms. The van der Waals surface area contributed by atoms with Crippen molar-refractivity contribution >= 4 is 11.6 Å². The summed E-state index contributed by atoms with van der Waals surface area (Å²) in [6.07, 6.45) is -4.39. The number of hydrogen-bond donors (Lipinski definition) is 2. The van der Waals surface area contributed by atoms with Crippen molar-refractivity contribution in [2.24, 2.45) is 5.92 Å². The average molecular weight is 302 g/mol. The number of amides is 1. The van der Waals surface area contributed by atoms with Crippen LogP contribution in [-0.4, -0.2) is 18.5 Å². The molecule has 0 spiro atoms. The number of anilines is 1. The molecule has 0 aliphatic heterocycles. The van der Waals surface area contributed by atoms with E-state index in [9.17, 15) is 18.0 Å². The molecule has 2 N–H and O–H groups in total. The van der Waals surface area contributed by atoms with E-state index in [0.29, 0.717) is 5.92 Å². The zero-order chi connectivity index (χ0) is 16.2. The summed E-state index contributed by atoms with van der Waals surface area (Å²) in [5, 5.41) is 5.50. The number of carbonyl (C=O) groups excluding carboxylic acids is 1. The number of hydrogen-bond acceptors (Lipinski definition) is 2. The van der Waals surface area contributed by atoms with E-state index in [2.05, 4.69) is 10.6 Å². The van der Waals surface area contributed by atoms with Crippen molar-refractivity contribution in [3.63, 3.8) is 0 Å². The Morgan fingerprint density at radius 3 is 2.38 bits per heavy atom. The summed E-state index contributed by atoms with van der Waals surface area (Å²) in [4.78, 5) is 11.7. The largest absolute Gasteiger partial charge is 0.416 e. The molecule has 1 aromatic carbocycles. The van der Waals surface area contributed by atoms with Crippen LogP contribution in [0.1, 0.15) is 31.9 Å². The topological polar surface area (TPSA) is 41.1 Å². The minimum absolute atomic E-state index is 0.0167. The average Bonchev–Trinajstić information content (AvgIpc) is 2.36. The summed E-state index contributed by atoms with van der Waals surface area (Å²) >= 11 is 0. The van der Waals surface area contributed by atoms with Gasteiger partial charge in [0.2, 0.25) is 5.91 Å². The summed E-state index contributed by atoms with van der Waals surface area (Å²) < 4.78 is 38.3. The van der Waals surface area contributed by atoms with Crippen LogP contribution in [0.4, 0.5) is 18.9 Å². The number of halogens is 3. The molecule has 6 heteroatoms. The second kappa shape index (κ2) is 6.83. The van der Waals surface area contributed by atoms with Crippen LogP contribution in [-0.2, 0) is 11.0 Å². The van der Waals surface area contributed by atoms with Crippen LogP contribution in [0, 0.1) is 12.8 Å². The van der Waals surface area contributed by atoms with Gasteiger partial charge in [0.05, 0.1) is 12.1 Å². The minimum atomic E-state index is -4.39. The Balaban J connectivity index is 2.66. The zero-order valence-electron chi connectivity index (χ0n) is 12.6. The van der Waals surface area contributed by atoms with Gasteiger partial charge in [-0.2, -0.15) is 13.2 Å². The third-order valence-electron chi connectivity index (χ3n) is 3.38. The molecule has 118 valence electrons. The molecule has 0 aromatic heterocycles. The molecule has 1 rings (SSSR count). The van der Waals surface area contributed by atoms with E-state index in [0.717, 1.165) is 6.07 Å². The van der Waals surface area contributed by atoms with E-state index in [1.54, 1.807) is 0 Å². The van der Waals surface area contributed by atoms with Crippen molar-refractivity contribution < 1.29 is 18.0 Å². The van der Waals surface area contributed by atoms with Gasteiger partial charge in [0.1, 0.15) is 0 Å². The van der Waals surface area contributed by atoms with Crippen LogP contribution in [0.3, 0.4) is 0 Å². The molecule has 0 aliphatic rings. The highest BCUT2D eigenvalue weighted by molar-refractivity contribution is 5.81. The van der Waals surface area contributed by atoms with E-state index in [4.69, 9.17) is 0 Å². The van der Waals surface area contributed by atoms with E-state index in [-0.39, 0.29) is 29.7 Å². The fourth-order valence-electron chi connectivity index (χ4n) is 1.69. The molecular formula is C15H21F3N2O. The molecule has 1 unspecified atom stereocenters. The Hall–Kier alpha value is -1.72. The Labute approximate surface area is 122 Å². The van der Waals surface area contributed by atoms with Crippen LogP contribution in [0.15, 0.2) is 18.2 Å². The van der Waals surface area contributed by atoms with Gasteiger partial charge in [0, 0.05) is 11.7 Å². The first-order valence-electron chi connectivity index (χ1n) is 6.82. The van der Waals surface area contributed by atoms with Crippen molar-refractivity contribution in [3.8, 4) is 0 Å². The SMILES string of the molecule is Cc1ccc(NCC(=O)NC(C)C(C)C)cc1C(F)(F)F. The molecule has 0 fully saturated rings. The summed E-state index contributed by atoms with van der Waals surface area (Å²) in [5.41, 5.74) is -0.255. The third-order valence-corrected chi connectivity index (χ3v) is 3.38. The summed E-state index contributed by atoms with van der Waals surface area (Å²) in [5.74, 6) is 0.0514. The number of benzene rings is 1. The van der Waals surface area contributed by atoms with Crippen LogP contribution >= 0.6 is 0 Å². The quantitative estimate of drug-likeness (QED) is 0.873. The first kappa shape index (κ1) is 17.3. The first-order valence-corrected chi connectivity index (χ1v) is 6.82. The fraction of sp³-hybridized carbons (Fsp3) is 0.533. The predicted molar refractivity (Wildman–Crippen MR) is 77.1 cm³/mol. The van der Waals surface area contributed by atoms with Gasteiger partial charge < -0.3 is 10.6 Å². The molecule has 3 nitrogen and oxygen atoms in total. The highest BCUT2D eigenvalue weighted by Crippen LogP contribution is 2.33. The number of nitrogens with one attached hydrogen (secondary N) is 2. The van der Waals surface area contributed by atoms with E-state index >= 15 is 0 Å². The lowest BCUT2D eigenvalue weighted by molar-refractivity contribution is -0.138. The predicted octanol–water partition coefficient (Wildman–Crippen LogP) is 3.59. The monoisotopic (exact) mass is 302 g/mol. The maximum absolute atomic E-state index is 12.8. The molecular weight excluding hydrogens is 281 g/mol. The fourth-order valence-corrected chi connectivity index (χ4v) is 1.69. The second-order valence-corrected chi connectivity index (χ2v) is 5.48. The lowest BCUT2D eigenvalue weighted by atomic mass is 10.1.